The molecule has 4 heteroatoms. The summed E-state index contributed by atoms with van der Waals surface area (Å²) >= 11 is 3.47. The minimum Gasteiger partial charge on any atom is -0.240 e. The van der Waals surface area contributed by atoms with Gasteiger partial charge in [0.1, 0.15) is 0 Å². The zero-order valence-electron chi connectivity index (χ0n) is 9.10. The molecule has 0 amide bonds. The summed E-state index contributed by atoms with van der Waals surface area (Å²) in [5.74, 6) is 0.661. The van der Waals surface area contributed by atoms with E-state index >= 15 is 0 Å². The van der Waals surface area contributed by atoms with Crippen molar-refractivity contribution in [1.82, 2.24) is 9.78 Å². The third kappa shape index (κ3) is 1.98. The summed E-state index contributed by atoms with van der Waals surface area (Å²) in [6, 6.07) is 9.72. The van der Waals surface area contributed by atoms with Crippen LogP contribution in [-0.2, 0) is 0 Å². The first kappa shape index (κ1) is 10.5. The first-order valence-corrected chi connectivity index (χ1v) is 6.33. The third-order valence-electron chi connectivity index (χ3n) is 2.93. The molecule has 1 fully saturated rings. The van der Waals surface area contributed by atoms with Crippen LogP contribution in [0.1, 0.15) is 30.0 Å². The number of hydrogen-bond acceptors (Lipinski definition) is 2. The molecule has 1 saturated carbocycles. The monoisotopic (exact) mass is 287 g/mol. The second-order valence-electron chi connectivity index (χ2n) is 4.24. The molecule has 2 aromatic rings. The van der Waals surface area contributed by atoms with Gasteiger partial charge < -0.3 is 0 Å². The molecule has 0 atom stereocenters. The van der Waals surface area contributed by atoms with Gasteiger partial charge in [0.15, 0.2) is 0 Å². The molecule has 0 radical (unpaired) electrons. The van der Waals surface area contributed by atoms with Crippen molar-refractivity contribution >= 4 is 15.9 Å². The fraction of sp³-hybridized carbons (Fsp3) is 0.231. The Balaban J connectivity index is 1.99. The van der Waals surface area contributed by atoms with E-state index in [-0.39, 0.29) is 0 Å². The Labute approximate surface area is 108 Å². The van der Waals surface area contributed by atoms with Crippen LogP contribution in [0.15, 0.2) is 34.9 Å². The Morgan fingerprint density at radius 3 is 2.82 bits per heavy atom. The first-order chi connectivity index (χ1) is 8.28. The molecule has 1 aliphatic carbocycles. The van der Waals surface area contributed by atoms with Gasteiger partial charge in [0.05, 0.1) is 23.0 Å². The number of halogens is 1. The van der Waals surface area contributed by atoms with E-state index in [1.54, 1.807) is 6.07 Å². The molecule has 0 N–H and O–H groups in total. The summed E-state index contributed by atoms with van der Waals surface area (Å²) in [5.41, 5.74) is 2.78. The predicted octanol–water partition coefficient (Wildman–Crippen LogP) is 3.38. The molecular weight excluding hydrogens is 278 g/mol. The van der Waals surface area contributed by atoms with Crippen molar-refractivity contribution in [3.05, 3.63) is 46.2 Å². The van der Waals surface area contributed by atoms with Gasteiger partial charge in [0.2, 0.25) is 0 Å². The Bertz CT molecular complexity index is 605. The number of nitriles is 1. The van der Waals surface area contributed by atoms with Crippen LogP contribution in [0, 0.1) is 11.3 Å². The van der Waals surface area contributed by atoms with Crippen LogP contribution in [0.5, 0.6) is 0 Å². The standard InChI is InChI=1S/C13H10BrN3/c14-11-7-9(8-15)1-4-13(11)17-6-5-12(16-17)10-2-3-10/h1,4-7,10H,2-3H2. The summed E-state index contributed by atoms with van der Waals surface area (Å²) < 4.78 is 2.75. The van der Waals surface area contributed by atoms with Gasteiger partial charge in [-0.25, -0.2) is 4.68 Å². The van der Waals surface area contributed by atoms with Gasteiger partial charge in [-0.2, -0.15) is 10.4 Å². The van der Waals surface area contributed by atoms with Crippen LogP contribution < -0.4 is 0 Å². The van der Waals surface area contributed by atoms with Crippen LogP contribution in [0.2, 0.25) is 0 Å². The van der Waals surface area contributed by atoms with Gasteiger partial charge in [-0.3, -0.25) is 0 Å². The number of benzene rings is 1. The predicted molar refractivity (Wildman–Crippen MR) is 68.0 cm³/mol. The third-order valence-corrected chi connectivity index (χ3v) is 3.56. The average molecular weight is 288 g/mol. The normalized spacial score (nSPS) is 14.6. The zero-order valence-corrected chi connectivity index (χ0v) is 10.7. The minimum atomic E-state index is 0.648. The Hall–Kier alpha value is -1.60. The smallest absolute Gasteiger partial charge is 0.0992 e. The molecule has 17 heavy (non-hydrogen) atoms. The quantitative estimate of drug-likeness (QED) is 0.850. The van der Waals surface area contributed by atoms with Gasteiger partial charge in [0.25, 0.3) is 0 Å². The Morgan fingerprint density at radius 1 is 1.35 bits per heavy atom. The van der Waals surface area contributed by atoms with Gasteiger partial charge in [-0.15, -0.1) is 0 Å². The van der Waals surface area contributed by atoms with Crippen molar-refractivity contribution in [3.8, 4) is 11.8 Å². The van der Waals surface area contributed by atoms with E-state index in [0.717, 1.165) is 10.2 Å². The highest BCUT2D eigenvalue weighted by atomic mass is 79.9. The highest BCUT2D eigenvalue weighted by molar-refractivity contribution is 9.10. The van der Waals surface area contributed by atoms with Crippen LogP contribution >= 0.6 is 15.9 Å². The molecule has 0 saturated heterocycles. The van der Waals surface area contributed by atoms with Crippen molar-refractivity contribution in [3.63, 3.8) is 0 Å². The largest absolute Gasteiger partial charge is 0.240 e. The van der Waals surface area contributed by atoms with Crippen molar-refractivity contribution < 1.29 is 0 Å². The minimum absolute atomic E-state index is 0.648. The summed E-state index contributed by atoms with van der Waals surface area (Å²) in [7, 11) is 0. The van der Waals surface area contributed by atoms with E-state index in [2.05, 4.69) is 33.2 Å². The molecule has 3 rings (SSSR count). The van der Waals surface area contributed by atoms with Crippen LogP contribution in [-0.4, -0.2) is 9.78 Å². The van der Waals surface area contributed by atoms with Gasteiger partial charge in [-0.1, -0.05) is 0 Å². The molecule has 84 valence electrons. The second kappa shape index (κ2) is 4.01. The summed E-state index contributed by atoms with van der Waals surface area (Å²) in [4.78, 5) is 0. The summed E-state index contributed by atoms with van der Waals surface area (Å²) in [6.07, 6.45) is 4.48. The van der Waals surface area contributed by atoms with E-state index in [1.807, 2.05) is 23.0 Å². The summed E-state index contributed by atoms with van der Waals surface area (Å²) in [5, 5.41) is 13.4. The lowest BCUT2D eigenvalue weighted by Crippen LogP contribution is -1.97. The molecule has 0 unspecified atom stereocenters. The highest BCUT2D eigenvalue weighted by Crippen LogP contribution is 2.39. The molecule has 1 aliphatic rings. The molecule has 3 nitrogen and oxygen atoms in total. The molecular formula is C13H10BrN3. The molecule has 0 bridgehead atoms. The van der Waals surface area contributed by atoms with E-state index in [9.17, 15) is 0 Å². The van der Waals surface area contributed by atoms with Crippen LogP contribution in [0.4, 0.5) is 0 Å². The van der Waals surface area contributed by atoms with Crippen LogP contribution in [0.25, 0.3) is 5.69 Å². The van der Waals surface area contributed by atoms with Crippen molar-refractivity contribution in [2.75, 3.05) is 0 Å². The maximum atomic E-state index is 8.82. The van der Waals surface area contributed by atoms with Crippen molar-refractivity contribution in [2.24, 2.45) is 0 Å². The number of rotatable bonds is 2. The highest BCUT2D eigenvalue weighted by Gasteiger charge is 2.26. The average Bonchev–Trinajstić information content (AvgIpc) is 3.08. The lowest BCUT2D eigenvalue weighted by atomic mass is 10.2. The van der Waals surface area contributed by atoms with E-state index in [1.165, 1.54) is 18.5 Å². The van der Waals surface area contributed by atoms with Gasteiger partial charge in [0, 0.05) is 16.6 Å². The van der Waals surface area contributed by atoms with Crippen molar-refractivity contribution in [1.29, 1.82) is 5.26 Å². The zero-order chi connectivity index (χ0) is 11.8. The SMILES string of the molecule is N#Cc1ccc(-n2ccc(C3CC3)n2)c(Br)c1. The summed E-state index contributed by atoms with van der Waals surface area (Å²) in [6.45, 7) is 0. The van der Waals surface area contributed by atoms with E-state index < -0.39 is 0 Å². The topological polar surface area (TPSA) is 41.6 Å². The lowest BCUT2D eigenvalue weighted by molar-refractivity contribution is 0.834. The fourth-order valence-corrected chi connectivity index (χ4v) is 2.39. The first-order valence-electron chi connectivity index (χ1n) is 5.53. The maximum absolute atomic E-state index is 8.82. The fourth-order valence-electron chi connectivity index (χ4n) is 1.83. The van der Waals surface area contributed by atoms with Crippen molar-refractivity contribution in [2.45, 2.75) is 18.8 Å². The van der Waals surface area contributed by atoms with E-state index in [0.29, 0.717) is 11.5 Å². The van der Waals surface area contributed by atoms with Gasteiger partial charge in [-0.05, 0) is 53.0 Å². The number of hydrogen-bond donors (Lipinski definition) is 0. The molecule has 1 aromatic heterocycles. The van der Waals surface area contributed by atoms with Crippen LogP contribution in [0.3, 0.4) is 0 Å². The Morgan fingerprint density at radius 2 is 2.18 bits per heavy atom. The molecule has 1 heterocycles. The molecule has 0 aliphatic heterocycles. The number of nitrogens with zero attached hydrogens (tertiary/aromatic N) is 3. The Kier molecular flexibility index (Phi) is 2.49. The maximum Gasteiger partial charge on any atom is 0.0992 e. The number of aromatic nitrogens is 2. The lowest BCUT2D eigenvalue weighted by Gasteiger charge is -2.04. The van der Waals surface area contributed by atoms with Gasteiger partial charge >= 0.3 is 0 Å². The molecule has 1 aromatic carbocycles. The second-order valence-corrected chi connectivity index (χ2v) is 5.09. The molecule has 0 spiro atoms. The van der Waals surface area contributed by atoms with E-state index in [4.69, 9.17) is 5.26 Å².